The van der Waals surface area contributed by atoms with Gasteiger partial charge in [0.15, 0.2) is 0 Å². The Morgan fingerprint density at radius 2 is 2.13 bits per heavy atom. The molecule has 0 aliphatic heterocycles. The van der Waals surface area contributed by atoms with Crippen LogP contribution < -0.4 is 4.72 Å². The Morgan fingerprint density at radius 3 is 2.60 bits per heavy atom. The zero-order chi connectivity index (χ0) is 11.7. The van der Waals surface area contributed by atoms with Crippen LogP contribution in [-0.2, 0) is 16.4 Å². The highest BCUT2D eigenvalue weighted by atomic mass is 32.2. The Hall–Kier alpha value is -1.25. The minimum atomic E-state index is -5.37. The Morgan fingerprint density at radius 1 is 1.53 bits per heavy atom. The van der Waals surface area contributed by atoms with Crippen LogP contribution in [0.15, 0.2) is 6.20 Å². The van der Waals surface area contributed by atoms with Crippen molar-refractivity contribution in [1.82, 2.24) is 10.2 Å². The quantitative estimate of drug-likeness (QED) is 0.838. The van der Waals surface area contributed by atoms with Crippen LogP contribution in [0.1, 0.15) is 12.5 Å². The molecule has 86 valence electrons. The van der Waals surface area contributed by atoms with Crippen molar-refractivity contribution in [2.24, 2.45) is 0 Å². The number of nitrogens with zero attached hydrogens (tertiary/aromatic N) is 1. The van der Waals surface area contributed by atoms with E-state index >= 15 is 0 Å². The van der Waals surface area contributed by atoms with E-state index in [4.69, 9.17) is 0 Å². The molecule has 1 aromatic heterocycles. The number of nitrogens with one attached hydrogen (secondary N) is 2. The molecule has 1 heterocycles. The van der Waals surface area contributed by atoms with Gasteiger partial charge in [-0.05, 0) is 6.42 Å². The Bertz CT molecular complexity index is 437. The maximum absolute atomic E-state index is 12.0. The Balaban J connectivity index is 2.97. The topological polar surface area (TPSA) is 74.8 Å². The molecule has 0 bridgehead atoms. The number of halogens is 3. The summed E-state index contributed by atoms with van der Waals surface area (Å²) >= 11 is 0. The Kier molecular flexibility index (Phi) is 2.93. The summed E-state index contributed by atoms with van der Waals surface area (Å²) in [6.45, 7) is 1.66. The van der Waals surface area contributed by atoms with Crippen molar-refractivity contribution in [2.75, 3.05) is 4.72 Å². The van der Waals surface area contributed by atoms with Gasteiger partial charge in [-0.15, -0.1) is 0 Å². The number of hydrogen-bond acceptors (Lipinski definition) is 3. The molecule has 0 aliphatic carbocycles. The van der Waals surface area contributed by atoms with Crippen molar-refractivity contribution >= 4 is 15.8 Å². The van der Waals surface area contributed by atoms with Gasteiger partial charge in [-0.3, -0.25) is 9.82 Å². The lowest BCUT2D eigenvalue weighted by Gasteiger charge is -2.09. The molecule has 1 rings (SSSR count). The van der Waals surface area contributed by atoms with Gasteiger partial charge in [-0.25, -0.2) is 0 Å². The number of hydrogen-bond donors (Lipinski definition) is 2. The maximum atomic E-state index is 12.0. The molecule has 2 N–H and O–H groups in total. The van der Waals surface area contributed by atoms with E-state index in [1.54, 1.807) is 6.92 Å². The molecule has 0 unspecified atom stereocenters. The number of anilines is 1. The molecule has 0 aromatic carbocycles. The van der Waals surface area contributed by atoms with Gasteiger partial charge in [0, 0.05) is 5.56 Å². The van der Waals surface area contributed by atoms with E-state index in [9.17, 15) is 21.6 Å². The third-order valence-electron chi connectivity index (χ3n) is 1.64. The molecule has 0 saturated heterocycles. The van der Waals surface area contributed by atoms with E-state index in [0.717, 1.165) is 0 Å². The fourth-order valence-electron chi connectivity index (χ4n) is 0.860. The number of alkyl halides is 3. The standard InChI is InChI=1S/C6H8F3N3O2S/c1-2-4-3-10-11-5(4)12-15(13,14)6(7,8)9/h3H,2H2,1H3,(H2,10,11,12). The first-order chi connectivity index (χ1) is 6.78. The normalized spacial score (nSPS) is 12.8. The van der Waals surface area contributed by atoms with Crippen LogP contribution in [0.25, 0.3) is 0 Å². The van der Waals surface area contributed by atoms with Crippen molar-refractivity contribution in [3.63, 3.8) is 0 Å². The van der Waals surface area contributed by atoms with Crippen LogP contribution in [0.3, 0.4) is 0 Å². The lowest BCUT2D eigenvalue weighted by molar-refractivity contribution is -0.0429. The molecule has 0 saturated carbocycles. The summed E-state index contributed by atoms with van der Waals surface area (Å²) in [6.07, 6.45) is 1.63. The van der Waals surface area contributed by atoms with Gasteiger partial charge in [0.25, 0.3) is 0 Å². The monoisotopic (exact) mass is 243 g/mol. The molecule has 0 aliphatic rings. The molecule has 1 aromatic rings. The number of aromatic nitrogens is 2. The molecular weight excluding hydrogens is 235 g/mol. The summed E-state index contributed by atoms with van der Waals surface area (Å²) in [5.41, 5.74) is -4.97. The van der Waals surface area contributed by atoms with Crippen LogP contribution in [0, 0.1) is 0 Å². The zero-order valence-electron chi connectivity index (χ0n) is 7.59. The van der Waals surface area contributed by atoms with Gasteiger partial charge in [0.2, 0.25) is 0 Å². The molecule has 15 heavy (non-hydrogen) atoms. The average molecular weight is 243 g/mol. The summed E-state index contributed by atoms with van der Waals surface area (Å²) in [6, 6.07) is 0. The van der Waals surface area contributed by atoms with Crippen molar-refractivity contribution in [3.05, 3.63) is 11.8 Å². The highest BCUT2D eigenvalue weighted by molar-refractivity contribution is 7.93. The van der Waals surface area contributed by atoms with Crippen molar-refractivity contribution in [3.8, 4) is 0 Å². The summed E-state index contributed by atoms with van der Waals surface area (Å²) in [5, 5.41) is 5.58. The first kappa shape index (κ1) is 11.8. The van der Waals surface area contributed by atoms with Crippen LogP contribution in [0.5, 0.6) is 0 Å². The molecular formula is C6H8F3N3O2S. The summed E-state index contributed by atoms with van der Waals surface area (Å²) in [5.74, 6) is -0.255. The van der Waals surface area contributed by atoms with Crippen LogP contribution in [-0.4, -0.2) is 24.1 Å². The summed E-state index contributed by atoms with van der Waals surface area (Å²) in [4.78, 5) is 0. The highest BCUT2D eigenvalue weighted by Crippen LogP contribution is 2.25. The number of aryl methyl sites for hydroxylation is 1. The molecule has 0 fully saturated rings. The maximum Gasteiger partial charge on any atom is 0.516 e. The molecule has 0 atom stereocenters. The SMILES string of the molecule is CCc1cn[nH]c1NS(=O)(=O)C(F)(F)F. The van der Waals surface area contributed by atoms with Gasteiger partial charge in [0.05, 0.1) is 6.20 Å². The minimum Gasteiger partial charge on any atom is -0.262 e. The minimum absolute atomic E-state index is 0.255. The largest absolute Gasteiger partial charge is 0.516 e. The van der Waals surface area contributed by atoms with E-state index < -0.39 is 15.5 Å². The second-order valence-electron chi connectivity index (χ2n) is 2.68. The fraction of sp³-hybridized carbons (Fsp3) is 0.500. The smallest absolute Gasteiger partial charge is 0.262 e. The van der Waals surface area contributed by atoms with E-state index in [0.29, 0.717) is 12.0 Å². The van der Waals surface area contributed by atoms with Gasteiger partial charge >= 0.3 is 15.5 Å². The first-order valence-electron chi connectivity index (χ1n) is 3.89. The average Bonchev–Trinajstić information content (AvgIpc) is 2.48. The Labute approximate surface area is 83.7 Å². The van der Waals surface area contributed by atoms with Gasteiger partial charge in [-0.2, -0.15) is 26.7 Å². The van der Waals surface area contributed by atoms with Crippen molar-refractivity contribution in [2.45, 2.75) is 18.9 Å². The third kappa shape index (κ3) is 2.41. The third-order valence-corrected chi connectivity index (χ3v) is 2.72. The van der Waals surface area contributed by atoms with Crippen molar-refractivity contribution < 1.29 is 21.6 Å². The molecule has 5 nitrogen and oxygen atoms in total. The number of rotatable bonds is 3. The van der Waals surface area contributed by atoms with Gasteiger partial charge in [0.1, 0.15) is 5.82 Å². The van der Waals surface area contributed by atoms with Crippen LogP contribution in [0.2, 0.25) is 0 Å². The number of H-pyrrole nitrogens is 1. The van der Waals surface area contributed by atoms with Crippen LogP contribution >= 0.6 is 0 Å². The van der Waals surface area contributed by atoms with E-state index in [1.165, 1.54) is 10.9 Å². The van der Waals surface area contributed by atoms with E-state index in [-0.39, 0.29) is 5.82 Å². The highest BCUT2D eigenvalue weighted by Gasteiger charge is 2.46. The zero-order valence-corrected chi connectivity index (χ0v) is 8.41. The summed E-state index contributed by atoms with van der Waals surface area (Å²) in [7, 11) is -5.37. The molecule has 0 radical (unpaired) electrons. The second-order valence-corrected chi connectivity index (χ2v) is 4.35. The predicted octanol–water partition coefficient (Wildman–Crippen LogP) is 1.23. The summed E-state index contributed by atoms with van der Waals surface area (Å²) < 4.78 is 58.7. The van der Waals surface area contributed by atoms with Crippen molar-refractivity contribution in [1.29, 1.82) is 0 Å². The first-order valence-corrected chi connectivity index (χ1v) is 5.37. The molecule has 9 heteroatoms. The fourth-order valence-corrected chi connectivity index (χ4v) is 1.42. The second kappa shape index (κ2) is 3.72. The van der Waals surface area contributed by atoms with E-state index in [2.05, 4.69) is 10.2 Å². The number of sulfonamides is 1. The molecule has 0 amide bonds. The van der Waals surface area contributed by atoms with Gasteiger partial charge in [-0.1, -0.05) is 6.92 Å². The number of aromatic amines is 1. The molecule has 0 spiro atoms. The van der Waals surface area contributed by atoms with E-state index in [1.807, 2.05) is 0 Å². The lowest BCUT2D eigenvalue weighted by atomic mass is 10.3. The van der Waals surface area contributed by atoms with Gasteiger partial charge < -0.3 is 0 Å². The van der Waals surface area contributed by atoms with Crippen LogP contribution in [0.4, 0.5) is 19.0 Å². The lowest BCUT2D eigenvalue weighted by Crippen LogP contribution is -2.30. The predicted molar refractivity (Wildman–Crippen MR) is 46.6 cm³/mol.